The van der Waals surface area contributed by atoms with Crippen molar-refractivity contribution < 1.29 is 30.0 Å². The maximum absolute atomic E-state index is 13.6. The quantitative estimate of drug-likeness (QED) is 0.490. The molecular weight excluding hydrogens is 360 g/mol. The number of halogens is 5. The summed E-state index contributed by atoms with van der Waals surface area (Å²) in [6.45, 7) is 0. The number of hydrogen-bond donors (Lipinski definition) is 0. The van der Waals surface area contributed by atoms with E-state index < -0.39 is 34.2 Å². The molecule has 0 bridgehead atoms. The maximum Gasteiger partial charge on any atom is 0.172 e. The van der Waals surface area contributed by atoms with Crippen LogP contribution in [0, 0.1) is 23.3 Å². The van der Waals surface area contributed by atoms with Gasteiger partial charge >= 0.3 is 0 Å². The van der Waals surface area contributed by atoms with Crippen molar-refractivity contribution in [1.29, 1.82) is 0 Å². The Morgan fingerprint density at radius 3 is 1.25 bits per heavy atom. The summed E-state index contributed by atoms with van der Waals surface area (Å²) in [6.07, 6.45) is 0. The lowest BCUT2D eigenvalue weighted by atomic mass is 10.3. The van der Waals surface area contributed by atoms with Crippen LogP contribution in [0.4, 0.5) is 17.6 Å². The second-order valence-corrected chi connectivity index (χ2v) is 6.86. The van der Waals surface area contributed by atoms with Gasteiger partial charge in [-0.15, -0.1) is 0 Å². The van der Waals surface area contributed by atoms with E-state index in [0.717, 1.165) is 12.1 Å². The molecule has 0 N–H and O–H groups in total. The van der Waals surface area contributed by atoms with Crippen molar-refractivity contribution in [2.75, 3.05) is 0 Å². The number of hydrogen-bond acceptors (Lipinski definition) is 0. The largest absolute Gasteiger partial charge is 1.00 e. The Hall–Kier alpha value is -1.98. The summed E-state index contributed by atoms with van der Waals surface area (Å²) in [4.78, 5) is 1.35. The highest BCUT2D eigenvalue weighted by Gasteiger charge is 2.30. The van der Waals surface area contributed by atoms with Crippen molar-refractivity contribution in [2.24, 2.45) is 0 Å². The van der Waals surface area contributed by atoms with E-state index in [-0.39, 0.29) is 12.4 Å². The highest BCUT2D eigenvalue weighted by atomic mass is 35.5. The monoisotopic (exact) mass is 370 g/mol. The molecule has 0 atom stereocenters. The number of rotatable bonds is 3. The molecule has 0 unspecified atom stereocenters. The fourth-order valence-electron chi connectivity index (χ4n) is 2.26. The Kier molecular flexibility index (Phi) is 5.91. The molecule has 3 rings (SSSR count). The first kappa shape index (κ1) is 18.4. The summed E-state index contributed by atoms with van der Waals surface area (Å²) in [5, 5.41) is 0. The van der Waals surface area contributed by atoms with Crippen molar-refractivity contribution in [2.45, 2.75) is 14.7 Å². The van der Waals surface area contributed by atoms with Gasteiger partial charge < -0.3 is 12.4 Å². The van der Waals surface area contributed by atoms with Crippen LogP contribution in [0.2, 0.25) is 0 Å². The zero-order valence-electron chi connectivity index (χ0n) is 12.1. The van der Waals surface area contributed by atoms with Gasteiger partial charge in [-0.1, -0.05) is 18.2 Å². The molecule has 0 fully saturated rings. The van der Waals surface area contributed by atoms with E-state index in [1.54, 1.807) is 30.3 Å². The molecular formula is C18H11ClF4S. The van der Waals surface area contributed by atoms with Crippen LogP contribution in [0.1, 0.15) is 0 Å². The molecule has 0 amide bonds. The smallest absolute Gasteiger partial charge is 0.172 e. The summed E-state index contributed by atoms with van der Waals surface area (Å²) in [5.41, 5.74) is 0. The second-order valence-electron chi connectivity index (χ2n) is 4.83. The van der Waals surface area contributed by atoms with E-state index in [1.807, 2.05) is 0 Å². The van der Waals surface area contributed by atoms with Crippen LogP contribution >= 0.6 is 0 Å². The Bertz CT molecular complexity index is 748. The van der Waals surface area contributed by atoms with Gasteiger partial charge in [-0.3, -0.25) is 0 Å². The van der Waals surface area contributed by atoms with Crippen molar-refractivity contribution in [1.82, 2.24) is 0 Å². The average molecular weight is 371 g/mol. The van der Waals surface area contributed by atoms with Gasteiger partial charge in [-0.25, -0.2) is 17.6 Å². The van der Waals surface area contributed by atoms with E-state index >= 15 is 0 Å². The van der Waals surface area contributed by atoms with Crippen molar-refractivity contribution >= 4 is 10.9 Å². The molecule has 0 aliphatic rings. The fourth-order valence-corrected chi connectivity index (χ4v) is 4.43. The van der Waals surface area contributed by atoms with Crippen molar-refractivity contribution in [3.05, 3.63) is 90.0 Å². The van der Waals surface area contributed by atoms with Gasteiger partial charge in [0, 0.05) is 36.4 Å². The van der Waals surface area contributed by atoms with E-state index in [0.29, 0.717) is 14.7 Å². The zero-order valence-corrected chi connectivity index (χ0v) is 13.7. The molecule has 3 aromatic carbocycles. The van der Waals surface area contributed by atoms with Crippen LogP contribution in [0.3, 0.4) is 0 Å². The number of benzene rings is 3. The second kappa shape index (κ2) is 7.73. The predicted molar refractivity (Wildman–Crippen MR) is 81.3 cm³/mol. The van der Waals surface area contributed by atoms with Crippen LogP contribution in [0.25, 0.3) is 0 Å². The predicted octanol–water partition coefficient (Wildman–Crippen LogP) is 2.34. The molecule has 0 spiro atoms. The molecule has 0 radical (unpaired) electrons. The molecule has 0 saturated carbocycles. The highest BCUT2D eigenvalue weighted by molar-refractivity contribution is 7.97. The van der Waals surface area contributed by atoms with Gasteiger partial charge in [0.1, 0.15) is 23.3 Å². The average Bonchev–Trinajstić information content (AvgIpc) is 2.46. The molecule has 0 nitrogen and oxygen atoms in total. The van der Waals surface area contributed by atoms with Gasteiger partial charge in [0.05, 0.1) is 10.9 Å². The minimum absolute atomic E-state index is 0. The van der Waals surface area contributed by atoms with Crippen LogP contribution in [-0.2, 0) is 10.9 Å². The lowest BCUT2D eigenvalue weighted by molar-refractivity contribution is -0.00000712. The first-order valence-electron chi connectivity index (χ1n) is 6.74. The topological polar surface area (TPSA) is 0 Å². The highest BCUT2D eigenvalue weighted by Crippen LogP contribution is 2.32. The minimum Gasteiger partial charge on any atom is -1.00 e. The van der Waals surface area contributed by atoms with Crippen LogP contribution in [0.15, 0.2) is 81.4 Å². The van der Waals surface area contributed by atoms with Crippen LogP contribution in [-0.4, -0.2) is 0 Å². The Labute approximate surface area is 145 Å². The zero-order chi connectivity index (χ0) is 16.4. The SMILES string of the molecule is Fc1cc(F)cc([S+](c2ccccc2)c2cc(F)cc(F)c2)c1.[Cl-]. The lowest BCUT2D eigenvalue weighted by Crippen LogP contribution is -3.00. The third kappa shape index (κ3) is 4.10. The van der Waals surface area contributed by atoms with E-state index in [2.05, 4.69) is 0 Å². The van der Waals surface area contributed by atoms with Gasteiger partial charge in [-0.05, 0) is 12.1 Å². The molecule has 0 aliphatic heterocycles. The van der Waals surface area contributed by atoms with Gasteiger partial charge in [-0.2, -0.15) is 0 Å². The summed E-state index contributed by atoms with van der Waals surface area (Å²) in [6, 6.07) is 15.1. The third-order valence-electron chi connectivity index (χ3n) is 3.12. The molecule has 24 heavy (non-hydrogen) atoms. The Morgan fingerprint density at radius 2 is 0.875 bits per heavy atom. The lowest BCUT2D eigenvalue weighted by Gasteiger charge is -2.08. The van der Waals surface area contributed by atoms with Gasteiger partial charge in [0.25, 0.3) is 0 Å². The molecule has 0 aliphatic carbocycles. The van der Waals surface area contributed by atoms with E-state index in [9.17, 15) is 17.6 Å². The molecule has 3 aromatic rings. The van der Waals surface area contributed by atoms with Crippen LogP contribution < -0.4 is 12.4 Å². The molecule has 124 valence electrons. The minimum atomic E-state index is -1.02. The van der Waals surface area contributed by atoms with Crippen LogP contribution in [0.5, 0.6) is 0 Å². The summed E-state index contributed by atoms with van der Waals surface area (Å²) >= 11 is 0. The summed E-state index contributed by atoms with van der Waals surface area (Å²) < 4.78 is 54.4. The Morgan fingerprint density at radius 1 is 0.500 bits per heavy atom. The molecule has 6 heteroatoms. The third-order valence-corrected chi connectivity index (χ3v) is 5.28. The van der Waals surface area contributed by atoms with E-state index in [1.165, 1.54) is 24.3 Å². The maximum atomic E-state index is 13.6. The normalized spacial score (nSPS) is 10.5. The summed E-state index contributed by atoms with van der Waals surface area (Å²) in [5.74, 6) is -2.92. The van der Waals surface area contributed by atoms with E-state index in [4.69, 9.17) is 0 Å². The van der Waals surface area contributed by atoms with Crippen molar-refractivity contribution in [3.8, 4) is 0 Å². The van der Waals surface area contributed by atoms with Gasteiger partial charge in [0.15, 0.2) is 14.7 Å². The fraction of sp³-hybridized carbons (Fsp3) is 0. The standard InChI is InChI=1S/C18H11F4S.ClH/c19-12-6-13(20)9-17(8-12)23(16-4-2-1-3-5-16)18-10-14(21)7-15(22)11-18;/h1-11H;1H/q+1;/p-1. The summed E-state index contributed by atoms with van der Waals surface area (Å²) in [7, 11) is -1.02. The molecule has 0 aromatic heterocycles. The van der Waals surface area contributed by atoms with Gasteiger partial charge in [0.2, 0.25) is 0 Å². The molecule has 0 heterocycles. The first-order chi connectivity index (χ1) is 11.0. The Balaban J connectivity index is 0.00000208. The van der Waals surface area contributed by atoms with Crippen molar-refractivity contribution in [3.63, 3.8) is 0 Å². The molecule has 0 saturated heterocycles. The first-order valence-corrected chi connectivity index (χ1v) is 7.97.